The number of hydrogen-bond donors (Lipinski definition) is 2. The van der Waals surface area contributed by atoms with Gasteiger partial charge in [-0.2, -0.15) is 0 Å². The number of carbonyl (C=O) groups is 1. The van der Waals surface area contributed by atoms with Crippen LogP contribution in [0.1, 0.15) is 64.0 Å². The van der Waals surface area contributed by atoms with Crippen molar-refractivity contribution < 1.29 is 4.79 Å². The molecule has 1 atom stereocenters. The topological polar surface area (TPSA) is 41.1 Å². The fourth-order valence-corrected chi connectivity index (χ4v) is 2.83. The van der Waals surface area contributed by atoms with Gasteiger partial charge in [-0.1, -0.05) is 32.4 Å². The molecular weight excluding hydrogens is 296 g/mol. The van der Waals surface area contributed by atoms with Crippen molar-refractivity contribution in [2.24, 2.45) is 0 Å². The summed E-state index contributed by atoms with van der Waals surface area (Å²) in [6, 6.07) is 3.99. The zero-order valence-corrected chi connectivity index (χ0v) is 15.0. The van der Waals surface area contributed by atoms with Crippen molar-refractivity contribution in [2.75, 3.05) is 18.4 Å². The van der Waals surface area contributed by atoms with Gasteiger partial charge in [-0.3, -0.25) is 4.79 Å². The van der Waals surface area contributed by atoms with E-state index in [9.17, 15) is 4.79 Å². The molecule has 3 nitrogen and oxygen atoms in total. The Labute approximate surface area is 139 Å². The third-order valence-electron chi connectivity index (χ3n) is 3.77. The van der Waals surface area contributed by atoms with Crippen molar-refractivity contribution in [1.29, 1.82) is 0 Å². The fourth-order valence-electron chi connectivity index (χ4n) is 2.60. The van der Waals surface area contributed by atoms with E-state index in [0.29, 0.717) is 10.9 Å². The molecule has 124 valence electrons. The third kappa shape index (κ3) is 5.98. The first-order valence-corrected chi connectivity index (χ1v) is 8.67. The maximum Gasteiger partial charge on any atom is 0.221 e. The van der Waals surface area contributed by atoms with Crippen molar-refractivity contribution in [2.45, 2.75) is 59.3 Å². The number of anilines is 1. The molecule has 0 aromatic heterocycles. The van der Waals surface area contributed by atoms with Gasteiger partial charge in [0.05, 0.1) is 10.7 Å². The Morgan fingerprint density at radius 2 is 1.91 bits per heavy atom. The van der Waals surface area contributed by atoms with Gasteiger partial charge in [0, 0.05) is 6.92 Å². The van der Waals surface area contributed by atoms with Crippen LogP contribution in [0.25, 0.3) is 0 Å². The van der Waals surface area contributed by atoms with E-state index >= 15 is 0 Å². The number of halogens is 1. The second-order valence-electron chi connectivity index (χ2n) is 5.90. The van der Waals surface area contributed by atoms with Gasteiger partial charge in [-0.25, -0.2) is 0 Å². The monoisotopic (exact) mass is 324 g/mol. The number of carbonyl (C=O) groups excluding carboxylic acids is 1. The molecule has 0 aliphatic heterocycles. The first kappa shape index (κ1) is 19.0. The number of amides is 1. The summed E-state index contributed by atoms with van der Waals surface area (Å²) < 4.78 is 0. The molecule has 22 heavy (non-hydrogen) atoms. The van der Waals surface area contributed by atoms with Crippen LogP contribution in [0, 0.1) is 0 Å². The van der Waals surface area contributed by atoms with Crippen LogP contribution in [0.15, 0.2) is 12.1 Å². The average Bonchev–Trinajstić information content (AvgIpc) is 2.81. The van der Waals surface area contributed by atoms with E-state index in [4.69, 9.17) is 11.6 Å². The summed E-state index contributed by atoms with van der Waals surface area (Å²) in [6.07, 6.45) is 4.77. The highest BCUT2D eigenvalue weighted by Gasteiger charge is 2.20. The minimum Gasteiger partial charge on any atom is -0.325 e. The Bertz CT molecular complexity index is 484. The molecule has 0 heterocycles. The molecule has 1 aromatic rings. The molecule has 4 heteroatoms. The van der Waals surface area contributed by atoms with Crippen molar-refractivity contribution in [3.05, 3.63) is 28.3 Å². The summed E-state index contributed by atoms with van der Waals surface area (Å²) in [7, 11) is 0. The van der Waals surface area contributed by atoms with Gasteiger partial charge in [0.25, 0.3) is 0 Å². The molecule has 0 spiro atoms. The largest absolute Gasteiger partial charge is 0.325 e. The number of hydrogen-bond acceptors (Lipinski definition) is 2. The van der Waals surface area contributed by atoms with Crippen LogP contribution >= 0.6 is 11.6 Å². The molecule has 2 rings (SSSR count). The molecule has 1 unspecified atom stereocenters. The first-order chi connectivity index (χ1) is 10.5. The maximum atomic E-state index is 11.0. The van der Waals surface area contributed by atoms with Crippen LogP contribution in [-0.4, -0.2) is 19.0 Å². The van der Waals surface area contributed by atoms with Gasteiger partial charge in [0.1, 0.15) is 0 Å². The predicted octanol–water partition coefficient (Wildman–Crippen LogP) is 4.74. The van der Waals surface area contributed by atoms with Gasteiger partial charge in [-0.05, 0) is 68.0 Å². The van der Waals surface area contributed by atoms with Crippen LogP contribution in [0.5, 0.6) is 0 Å². The number of fused-ring (bicyclic) bond motifs is 1. The van der Waals surface area contributed by atoms with Crippen molar-refractivity contribution in [3.8, 4) is 0 Å². The minimum absolute atomic E-state index is 0.0810. The Morgan fingerprint density at radius 1 is 1.27 bits per heavy atom. The summed E-state index contributed by atoms with van der Waals surface area (Å²) in [4.78, 5) is 11.0. The highest BCUT2D eigenvalue weighted by molar-refractivity contribution is 6.33. The van der Waals surface area contributed by atoms with E-state index in [2.05, 4.69) is 31.4 Å². The van der Waals surface area contributed by atoms with Gasteiger partial charge in [0.15, 0.2) is 0 Å². The summed E-state index contributed by atoms with van der Waals surface area (Å²) in [6.45, 7) is 10.4. The number of benzene rings is 1. The number of rotatable bonds is 5. The lowest BCUT2D eigenvalue weighted by Gasteiger charge is -2.10. The molecular formula is C18H29ClN2O. The van der Waals surface area contributed by atoms with Crippen LogP contribution < -0.4 is 10.6 Å². The lowest BCUT2D eigenvalue weighted by Crippen LogP contribution is -2.14. The Hall–Kier alpha value is -1.06. The van der Waals surface area contributed by atoms with E-state index in [0.717, 1.165) is 12.1 Å². The second-order valence-corrected chi connectivity index (χ2v) is 6.31. The highest BCUT2D eigenvalue weighted by Crippen LogP contribution is 2.37. The van der Waals surface area contributed by atoms with Gasteiger partial charge in [-0.15, -0.1) is 0 Å². The van der Waals surface area contributed by atoms with Crippen LogP contribution in [0.3, 0.4) is 0 Å². The van der Waals surface area contributed by atoms with Crippen LogP contribution in [0.2, 0.25) is 5.02 Å². The molecule has 1 aliphatic rings. The van der Waals surface area contributed by atoms with Gasteiger partial charge >= 0.3 is 0 Å². The normalized spacial score (nSPS) is 15.8. The molecule has 0 fully saturated rings. The Morgan fingerprint density at radius 3 is 2.45 bits per heavy atom. The Balaban J connectivity index is 0.000000295. The molecule has 0 saturated heterocycles. The standard InChI is InChI=1S/C12H14ClNO.C6H15N/c1-7-3-4-9-5-11(13)12(6-10(7)9)14-8(2)15;1-3-5-7-6-4-2/h5-7H,3-4H2,1-2H3,(H,14,15);7H,3-6H2,1-2H3. The molecule has 0 radical (unpaired) electrons. The molecule has 0 saturated carbocycles. The molecule has 2 N–H and O–H groups in total. The van der Waals surface area contributed by atoms with Crippen LogP contribution in [0.4, 0.5) is 5.69 Å². The molecule has 1 aliphatic carbocycles. The SMILES string of the molecule is CC(=O)Nc1cc2c(cc1Cl)CCC2C.CCCNCCC. The summed E-state index contributed by atoms with van der Waals surface area (Å²) >= 11 is 6.08. The summed E-state index contributed by atoms with van der Waals surface area (Å²) in [5.41, 5.74) is 3.38. The zero-order chi connectivity index (χ0) is 16.5. The van der Waals surface area contributed by atoms with E-state index in [1.807, 2.05) is 12.1 Å². The van der Waals surface area contributed by atoms with E-state index in [-0.39, 0.29) is 5.91 Å². The van der Waals surface area contributed by atoms with E-state index in [1.165, 1.54) is 50.4 Å². The lowest BCUT2D eigenvalue weighted by atomic mass is 10.0. The van der Waals surface area contributed by atoms with Crippen molar-refractivity contribution >= 4 is 23.2 Å². The van der Waals surface area contributed by atoms with Crippen molar-refractivity contribution in [3.63, 3.8) is 0 Å². The van der Waals surface area contributed by atoms with Crippen molar-refractivity contribution in [1.82, 2.24) is 5.32 Å². The molecule has 1 aromatic carbocycles. The quantitative estimate of drug-likeness (QED) is 0.768. The predicted molar refractivity (Wildman–Crippen MR) is 95.9 cm³/mol. The first-order valence-electron chi connectivity index (χ1n) is 8.30. The number of aryl methyl sites for hydroxylation is 1. The summed E-state index contributed by atoms with van der Waals surface area (Å²) in [5, 5.41) is 6.67. The zero-order valence-electron chi connectivity index (χ0n) is 14.3. The Kier molecular flexibility index (Phi) is 8.51. The maximum absolute atomic E-state index is 11.0. The summed E-state index contributed by atoms with van der Waals surface area (Å²) in [5.74, 6) is 0.493. The molecule has 0 bridgehead atoms. The number of nitrogens with one attached hydrogen (secondary N) is 2. The smallest absolute Gasteiger partial charge is 0.221 e. The average molecular weight is 325 g/mol. The van der Waals surface area contributed by atoms with Gasteiger partial charge < -0.3 is 10.6 Å². The third-order valence-corrected chi connectivity index (χ3v) is 4.08. The van der Waals surface area contributed by atoms with E-state index < -0.39 is 0 Å². The fraction of sp³-hybridized carbons (Fsp3) is 0.611. The highest BCUT2D eigenvalue weighted by atomic mass is 35.5. The lowest BCUT2D eigenvalue weighted by molar-refractivity contribution is -0.114. The molecule has 1 amide bonds. The second kappa shape index (κ2) is 9.86. The minimum atomic E-state index is -0.0810. The van der Waals surface area contributed by atoms with Gasteiger partial charge in [0.2, 0.25) is 5.91 Å². The van der Waals surface area contributed by atoms with Crippen LogP contribution in [-0.2, 0) is 11.2 Å². The van der Waals surface area contributed by atoms with E-state index in [1.54, 1.807) is 0 Å².